The summed E-state index contributed by atoms with van der Waals surface area (Å²) in [4.78, 5) is 11.2. The molecule has 0 radical (unpaired) electrons. The van der Waals surface area contributed by atoms with Gasteiger partial charge < -0.3 is 4.74 Å². The second kappa shape index (κ2) is 6.69. The number of aromatic nitrogens is 2. The van der Waals surface area contributed by atoms with Crippen molar-refractivity contribution in [3.05, 3.63) is 47.3 Å². The number of ether oxygens (including phenoxy) is 1. The summed E-state index contributed by atoms with van der Waals surface area (Å²) in [5.74, 6) is 0. The van der Waals surface area contributed by atoms with Crippen LogP contribution in [0.15, 0.2) is 35.4 Å². The quantitative estimate of drug-likeness (QED) is 0.693. The lowest BCUT2D eigenvalue weighted by atomic mass is 10.2. The standard InChI is InChI=1S/C15H18N4O2/c1-4-21-15(20)17-16-10-14-11(2)18-19(12(14)3)13-8-6-5-7-9-13/h5-10H,4H2,1-3H3,(H,17,20)/b16-10+. The Balaban J connectivity index is 2.20. The largest absolute Gasteiger partial charge is 0.449 e. The van der Waals surface area contributed by atoms with E-state index >= 15 is 0 Å². The fourth-order valence-corrected chi connectivity index (χ4v) is 1.98. The van der Waals surface area contributed by atoms with Crippen molar-refractivity contribution < 1.29 is 9.53 Å². The number of nitrogens with zero attached hydrogens (tertiary/aromatic N) is 3. The first-order valence-electron chi connectivity index (χ1n) is 6.71. The van der Waals surface area contributed by atoms with E-state index in [2.05, 4.69) is 15.6 Å². The number of carbonyl (C=O) groups excluding carboxylic acids is 1. The Morgan fingerprint density at radius 1 is 1.38 bits per heavy atom. The Bertz CT molecular complexity index is 647. The van der Waals surface area contributed by atoms with Crippen molar-refractivity contribution in [2.24, 2.45) is 5.10 Å². The predicted octanol–water partition coefficient (Wildman–Crippen LogP) is 2.57. The van der Waals surface area contributed by atoms with E-state index in [0.717, 1.165) is 22.6 Å². The van der Waals surface area contributed by atoms with Crippen LogP contribution in [-0.4, -0.2) is 28.7 Å². The lowest BCUT2D eigenvalue weighted by Gasteiger charge is -2.03. The van der Waals surface area contributed by atoms with Crippen molar-refractivity contribution in [3.8, 4) is 5.69 Å². The normalized spacial score (nSPS) is 10.8. The minimum absolute atomic E-state index is 0.311. The van der Waals surface area contributed by atoms with Crippen LogP contribution in [0.1, 0.15) is 23.9 Å². The van der Waals surface area contributed by atoms with Gasteiger partial charge in [0.2, 0.25) is 0 Å². The van der Waals surface area contributed by atoms with Crippen molar-refractivity contribution in [1.29, 1.82) is 0 Å². The zero-order valence-electron chi connectivity index (χ0n) is 12.3. The van der Waals surface area contributed by atoms with Crippen molar-refractivity contribution in [1.82, 2.24) is 15.2 Å². The molecule has 1 amide bonds. The molecular weight excluding hydrogens is 268 g/mol. The summed E-state index contributed by atoms with van der Waals surface area (Å²) >= 11 is 0. The Hall–Kier alpha value is -2.63. The molecule has 0 fully saturated rings. The number of rotatable bonds is 4. The first kappa shape index (κ1) is 14.8. The van der Waals surface area contributed by atoms with Gasteiger partial charge in [-0.2, -0.15) is 10.2 Å². The molecule has 2 rings (SSSR count). The van der Waals surface area contributed by atoms with Crippen LogP contribution in [0.2, 0.25) is 0 Å². The van der Waals surface area contributed by atoms with Gasteiger partial charge in [0, 0.05) is 5.56 Å². The number of benzene rings is 1. The molecule has 0 aliphatic rings. The Morgan fingerprint density at radius 2 is 2.10 bits per heavy atom. The van der Waals surface area contributed by atoms with E-state index in [9.17, 15) is 4.79 Å². The highest BCUT2D eigenvalue weighted by molar-refractivity contribution is 5.83. The number of hydrogen-bond acceptors (Lipinski definition) is 4. The SMILES string of the molecule is CCOC(=O)N/N=C/c1c(C)nn(-c2ccccc2)c1C. The number of hydrogen-bond donors (Lipinski definition) is 1. The van der Waals surface area contributed by atoms with Crippen LogP contribution in [0.25, 0.3) is 5.69 Å². The van der Waals surface area contributed by atoms with Crippen LogP contribution in [0.4, 0.5) is 4.79 Å². The molecule has 110 valence electrons. The molecule has 0 unspecified atom stereocenters. The van der Waals surface area contributed by atoms with Gasteiger partial charge in [0.1, 0.15) is 0 Å². The van der Waals surface area contributed by atoms with E-state index in [-0.39, 0.29) is 0 Å². The summed E-state index contributed by atoms with van der Waals surface area (Å²) in [6, 6.07) is 9.85. The fourth-order valence-electron chi connectivity index (χ4n) is 1.98. The van der Waals surface area contributed by atoms with E-state index < -0.39 is 6.09 Å². The van der Waals surface area contributed by atoms with Crippen molar-refractivity contribution in [2.75, 3.05) is 6.61 Å². The highest BCUT2D eigenvalue weighted by Gasteiger charge is 2.11. The van der Waals surface area contributed by atoms with Crippen molar-refractivity contribution in [3.63, 3.8) is 0 Å². The average molecular weight is 286 g/mol. The Morgan fingerprint density at radius 3 is 2.76 bits per heavy atom. The molecule has 0 bridgehead atoms. The maximum atomic E-state index is 11.2. The predicted molar refractivity (Wildman–Crippen MR) is 80.8 cm³/mol. The molecule has 21 heavy (non-hydrogen) atoms. The van der Waals surface area contributed by atoms with Crippen molar-refractivity contribution in [2.45, 2.75) is 20.8 Å². The molecule has 1 aromatic carbocycles. The summed E-state index contributed by atoms with van der Waals surface area (Å²) in [7, 11) is 0. The van der Waals surface area contributed by atoms with Gasteiger partial charge in [-0.15, -0.1) is 0 Å². The molecule has 0 atom stereocenters. The average Bonchev–Trinajstić information content (AvgIpc) is 2.76. The van der Waals surface area contributed by atoms with Gasteiger partial charge in [-0.25, -0.2) is 14.9 Å². The van der Waals surface area contributed by atoms with Crippen LogP contribution < -0.4 is 5.43 Å². The molecule has 0 saturated heterocycles. The molecule has 6 nitrogen and oxygen atoms in total. The van der Waals surface area contributed by atoms with Crippen LogP contribution >= 0.6 is 0 Å². The van der Waals surface area contributed by atoms with E-state index in [1.165, 1.54) is 0 Å². The number of para-hydroxylation sites is 1. The maximum Gasteiger partial charge on any atom is 0.427 e. The van der Waals surface area contributed by atoms with Crippen LogP contribution in [-0.2, 0) is 4.74 Å². The van der Waals surface area contributed by atoms with Gasteiger partial charge in [0.15, 0.2) is 0 Å². The highest BCUT2D eigenvalue weighted by Crippen LogP contribution is 2.15. The summed E-state index contributed by atoms with van der Waals surface area (Å²) in [6.45, 7) is 5.91. The van der Waals surface area contributed by atoms with E-state index in [1.54, 1.807) is 13.1 Å². The lowest BCUT2D eigenvalue weighted by Crippen LogP contribution is -2.18. The molecular formula is C15H18N4O2. The minimum Gasteiger partial charge on any atom is -0.449 e. The van der Waals surface area contributed by atoms with Gasteiger partial charge in [-0.05, 0) is 32.9 Å². The molecule has 6 heteroatoms. The zero-order chi connectivity index (χ0) is 15.2. The zero-order valence-corrected chi connectivity index (χ0v) is 12.3. The third kappa shape index (κ3) is 3.47. The topological polar surface area (TPSA) is 68.5 Å². The molecule has 1 N–H and O–H groups in total. The summed E-state index contributed by atoms with van der Waals surface area (Å²) in [6.07, 6.45) is 1.01. The van der Waals surface area contributed by atoms with Crippen molar-refractivity contribution >= 4 is 12.3 Å². The molecule has 1 aromatic heterocycles. The fraction of sp³-hybridized carbons (Fsp3) is 0.267. The number of aryl methyl sites for hydroxylation is 1. The Kier molecular flexibility index (Phi) is 4.71. The number of nitrogens with one attached hydrogen (secondary N) is 1. The number of carbonyl (C=O) groups is 1. The molecule has 2 aromatic rings. The van der Waals surface area contributed by atoms with E-state index in [1.807, 2.05) is 48.9 Å². The van der Waals surface area contributed by atoms with Gasteiger partial charge >= 0.3 is 6.09 Å². The lowest BCUT2D eigenvalue weighted by molar-refractivity contribution is 0.152. The van der Waals surface area contributed by atoms with E-state index in [0.29, 0.717) is 6.61 Å². The monoisotopic (exact) mass is 286 g/mol. The minimum atomic E-state index is -0.570. The third-order valence-corrected chi connectivity index (χ3v) is 2.97. The van der Waals surface area contributed by atoms with Crippen LogP contribution in [0.5, 0.6) is 0 Å². The van der Waals surface area contributed by atoms with Gasteiger partial charge in [-0.3, -0.25) is 0 Å². The number of hydrazone groups is 1. The van der Waals surface area contributed by atoms with Gasteiger partial charge in [-0.1, -0.05) is 18.2 Å². The highest BCUT2D eigenvalue weighted by atomic mass is 16.5. The van der Waals surface area contributed by atoms with Gasteiger partial charge in [0.25, 0.3) is 0 Å². The smallest absolute Gasteiger partial charge is 0.427 e. The summed E-state index contributed by atoms with van der Waals surface area (Å²) in [5, 5.41) is 8.38. The summed E-state index contributed by atoms with van der Waals surface area (Å²) in [5.41, 5.74) is 5.95. The molecule has 0 saturated carbocycles. The summed E-state index contributed by atoms with van der Waals surface area (Å²) < 4.78 is 6.58. The first-order valence-corrected chi connectivity index (χ1v) is 6.71. The van der Waals surface area contributed by atoms with Crippen LogP contribution in [0, 0.1) is 13.8 Å². The van der Waals surface area contributed by atoms with Gasteiger partial charge in [0.05, 0.1) is 29.9 Å². The molecule has 1 heterocycles. The molecule has 0 aliphatic heterocycles. The second-order valence-electron chi connectivity index (χ2n) is 4.42. The second-order valence-corrected chi connectivity index (χ2v) is 4.42. The molecule has 0 aliphatic carbocycles. The first-order chi connectivity index (χ1) is 10.1. The van der Waals surface area contributed by atoms with Crippen LogP contribution in [0.3, 0.4) is 0 Å². The third-order valence-electron chi connectivity index (χ3n) is 2.97. The number of amides is 1. The molecule has 0 spiro atoms. The van der Waals surface area contributed by atoms with E-state index in [4.69, 9.17) is 4.74 Å². The maximum absolute atomic E-state index is 11.2. The Labute approximate surface area is 123 Å².